The van der Waals surface area contributed by atoms with E-state index >= 15 is 0 Å². The molecular weight excluding hydrogens is 386 g/mol. The quantitative estimate of drug-likeness (QED) is 0.755. The predicted octanol–water partition coefficient (Wildman–Crippen LogP) is 1.63. The molecule has 2 aromatic rings. The zero-order chi connectivity index (χ0) is 20.3. The first kappa shape index (κ1) is 19.6. The molecule has 0 aliphatic carbocycles. The van der Waals surface area contributed by atoms with Gasteiger partial charge in [0.15, 0.2) is 11.5 Å². The second-order valence-electron chi connectivity index (χ2n) is 6.08. The lowest BCUT2D eigenvalue weighted by Crippen LogP contribution is -2.34. The van der Waals surface area contributed by atoms with E-state index in [0.29, 0.717) is 22.9 Å². The number of carbonyl (C=O) groups excluding carboxylic acids is 2. The monoisotopic (exact) mass is 405 g/mol. The van der Waals surface area contributed by atoms with Crippen LogP contribution >= 0.6 is 0 Å². The standard InChI is InChI=1S/C18H19N3O6S/c1-12(22)19-13-3-6-15(7-4-13)28(24,25)21(2)10-18(23)20-14-5-8-16-17(9-14)27-11-26-16/h3-9H,10-11H2,1-2H3,(H,19,22)(H,20,23). The molecule has 0 radical (unpaired) electrons. The summed E-state index contributed by atoms with van der Waals surface area (Å²) in [6.45, 7) is 1.11. The molecule has 28 heavy (non-hydrogen) atoms. The van der Waals surface area contributed by atoms with Crippen molar-refractivity contribution in [2.75, 3.05) is 31.0 Å². The Kier molecular flexibility index (Phi) is 5.52. The van der Waals surface area contributed by atoms with Crippen molar-refractivity contribution >= 4 is 33.2 Å². The minimum absolute atomic E-state index is 0.0139. The van der Waals surface area contributed by atoms with Gasteiger partial charge in [-0.15, -0.1) is 0 Å². The van der Waals surface area contributed by atoms with E-state index in [0.717, 1.165) is 4.31 Å². The fourth-order valence-corrected chi connectivity index (χ4v) is 3.68. The third-order valence-corrected chi connectivity index (χ3v) is 5.72. The highest BCUT2D eigenvalue weighted by atomic mass is 32.2. The molecule has 3 rings (SSSR count). The van der Waals surface area contributed by atoms with Gasteiger partial charge in [-0.1, -0.05) is 0 Å². The molecule has 0 aromatic heterocycles. The zero-order valence-corrected chi connectivity index (χ0v) is 16.1. The Morgan fingerprint density at radius 3 is 2.32 bits per heavy atom. The van der Waals surface area contributed by atoms with Gasteiger partial charge in [0.05, 0.1) is 11.4 Å². The molecule has 2 amide bonds. The van der Waals surface area contributed by atoms with E-state index in [2.05, 4.69) is 10.6 Å². The number of anilines is 2. The molecule has 10 heteroatoms. The van der Waals surface area contributed by atoms with Gasteiger partial charge in [-0.2, -0.15) is 4.31 Å². The molecule has 2 N–H and O–H groups in total. The lowest BCUT2D eigenvalue weighted by molar-refractivity contribution is -0.116. The van der Waals surface area contributed by atoms with Gasteiger partial charge in [0.2, 0.25) is 28.6 Å². The van der Waals surface area contributed by atoms with E-state index in [4.69, 9.17) is 9.47 Å². The highest BCUT2D eigenvalue weighted by Crippen LogP contribution is 2.34. The highest BCUT2D eigenvalue weighted by Gasteiger charge is 2.23. The number of nitrogens with one attached hydrogen (secondary N) is 2. The maximum absolute atomic E-state index is 12.6. The molecule has 1 aliphatic rings. The van der Waals surface area contributed by atoms with E-state index in [1.54, 1.807) is 18.2 Å². The Morgan fingerprint density at radius 1 is 1.00 bits per heavy atom. The Bertz CT molecular complexity index is 1000. The topological polar surface area (TPSA) is 114 Å². The maximum atomic E-state index is 12.6. The van der Waals surface area contributed by atoms with Crippen LogP contribution in [0.15, 0.2) is 47.4 Å². The molecule has 0 bridgehead atoms. The Hall–Kier alpha value is -3.11. The number of nitrogens with zero attached hydrogens (tertiary/aromatic N) is 1. The van der Waals surface area contributed by atoms with Crippen LogP contribution in [0, 0.1) is 0 Å². The summed E-state index contributed by atoms with van der Waals surface area (Å²) in [6.07, 6.45) is 0. The lowest BCUT2D eigenvalue weighted by atomic mass is 10.3. The summed E-state index contributed by atoms with van der Waals surface area (Å²) in [6, 6.07) is 10.6. The van der Waals surface area contributed by atoms with Crippen LogP contribution in [-0.2, 0) is 19.6 Å². The highest BCUT2D eigenvalue weighted by molar-refractivity contribution is 7.89. The van der Waals surface area contributed by atoms with Gasteiger partial charge in [-0.3, -0.25) is 9.59 Å². The van der Waals surface area contributed by atoms with Crippen molar-refractivity contribution in [1.82, 2.24) is 4.31 Å². The lowest BCUT2D eigenvalue weighted by Gasteiger charge is -2.17. The number of hydrogen-bond donors (Lipinski definition) is 2. The molecule has 148 valence electrons. The fourth-order valence-electron chi connectivity index (χ4n) is 2.56. The van der Waals surface area contributed by atoms with Gasteiger partial charge >= 0.3 is 0 Å². The molecule has 0 fully saturated rings. The van der Waals surface area contributed by atoms with E-state index in [-0.39, 0.29) is 24.1 Å². The summed E-state index contributed by atoms with van der Waals surface area (Å²) < 4.78 is 36.6. The van der Waals surface area contributed by atoms with E-state index < -0.39 is 15.9 Å². The van der Waals surface area contributed by atoms with Crippen molar-refractivity contribution in [3.63, 3.8) is 0 Å². The smallest absolute Gasteiger partial charge is 0.243 e. The van der Waals surface area contributed by atoms with Crippen molar-refractivity contribution in [3.8, 4) is 11.5 Å². The summed E-state index contributed by atoms with van der Waals surface area (Å²) in [5.74, 6) is 0.339. The van der Waals surface area contributed by atoms with Gasteiger partial charge in [-0.05, 0) is 36.4 Å². The van der Waals surface area contributed by atoms with Crippen molar-refractivity contribution in [2.45, 2.75) is 11.8 Å². The normalized spacial score (nSPS) is 12.7. The molecular formula is C18H19N3O6S. The van der Waals surface area contributed by atoms with Crippen LogP contribution in [0.5, 0.6) is 11.5 Å². The number of fused-ring (bicyclic) bond motifs is 1. The number of amides is 2. The largest absolute Gasteiger partial charge is 0.454 e. The van der Waals surface area contributed by atoms with E-state index in [9.17, 15) is 18.0 Å². The second-order valence-corrected chi connectivity index (χ2v) is 8.13. The number of likely N-dealkylation sites (N-methyl/N-ethyl adjacent to an activating group) is 1. The Balaban J connectivity index is 1.64. The number of carbonyl (C=O) groups is 2. The third kappa shape index (κ3) is 4.41. The van der Waals surface area contributed by atoms with Crippen LogP contribution < -0.4 is 20.1 Å². The van der Waals surface area contributed by atoms with Crippen molar-refractivity contribution < 1.29 is 27.5 Å². The first-order valence-electron chi connectivity index (χ1n) is 8.29. The number of benzene rings is 2. The molecule has 0 atom stereocenters. The first-order valence-corrected chi connectivity index (χ1v) is 9.73. The van der Waals surface area contributed by atoms with Gasteiger partial charge in [0, 0.05) is 31.4 Å². The number of sulfonamides is 1. The molecule has 0 saturated carbocycles. The number of ether oxygens (including phenoxy) is 2. The van der Waals surface area contributed by atoms with Crippen molar-refractivity contribution in [1.29, 1.82) is 0 Å². The Labute approximate surface area is 162 Å². The predicted molar refractivity (Wildman–Crippen MR) is 102 cm³/mol. The third-order valence-electron chi connectivity index (χ3n) is 3.91. The summed E-state index contributed by atoms with van der Waals surface area (Å²) in [5, 5.41) is 5.19. The molecule has 0 saturated heterocycles. The van der Waals surface area contributed by atoms with Crippen LogP contribution in [0.4, 0.5) is 11.4 Å². The van der Waals surface area contributed by atoms with E-state index in [1.165, 1.54) is 38.2 Å². The molecule has 1 aliphatic heterocycles. The summed E-state index contributed by atoms with van der Waals surface area (Å²) in [4.78, 5) is 23.3. The van der Waals surface area contributed by atoms with Gasteiger partial charge in [-0.25, -0.2) is 8.42 Å². The summed E-state index contributed by atoms with van der Waals surface area (Å²) >= 11 is 0. The summed E-state index contributed by atoms with van der Waals surface area (Å²) in [5.41, 5.74) is 0.953. The maximum Gasteiger partial charge on any atom is 0.243 e. The van der Waals surface area contributed by atoms with Crippen molar-refractivity contribution in [2.24, 2.45) is 0 Å². The van der Waals surface area contributed by atoms with Crippen molar-refractivity contribution in [3.05, 3.63) is 42.5 Å². The van der Waals surface area contributed by atoms with E-state index in [1.807, 2.05) is 0 Å². The van der Waals surface area contributed by atoms with Gasteiger partial charge in [0.25, 0.3) is 0 Å². The van der Waals surface area contributed by atoms with Crippen LogP contribution in [0.25, 0.3) is 0 Å². The molecule has 9 nitrogen and oxygen atoms in total. The number of rotatable bonds is 6. The molecule has 0 spiro atoms. The van der Waals surface area contributed by atoms with Crippen LogP contribution in [0.3, 0.4) is 0 Å². The van der Waals surface area contributed by atoms with Crippen LogP contribution in [-0.4, -0.2) is 44.9 Å². The average Bonchev–Trinajstić information content (AvgIpc) is 3.09. The first-order chi connectivity index (χ1) is 13.3. The second kappa shape index (κ2) is 7.87. The minimum Gasteiger partial charge on any atom is -0.454 e. The minimum atomic E-state index is -3.87. The van der Waals surface area contributed by atoms with Gasteiger partial charge in [0.1, 0.15) is 0 Å². The summed E-state index contributed by atoms with van der Waals surface area (Å²) in [7, 11) is -2.55. The molecule has 2 aromatic carbocycles. The average molecular weight is 405 g/mol. The zero-order valence-electron chi connectivity index (χ0n) is 15.3. The SMILES string of the molecule is CC(=O)Nc1ccc(S(=O)(=O)N(C)CC(=O)Nc2ccc3c(c2)OCO3)cc1. The molecule has 0 unspecified atom stereocenters. The van der Waals surface area contributed by atoms with Crippen LogP contribution in [0.2, 0.25) is 0 Å². The van der Waals surface area contributed by atoms with Crippen LogP contribution in [0.1, 0.15) is 6.92 Å². The van der Waals surface area contributed by atoms with Gasteiger partial charge < -0.3 is 20.1 Å². The Morgan fingerprint density at radius 2 is 1.64 bits per heavy atom. The fraction of sp³-hybridized carbons (Fsp3) is 0.222. The molecule has 1 heterocycles. The number of hydrogen-bond acceptors (Lipinski definition) is 6.